The first kappa shape index (κ1) is 9.71. The number of nitrogens with zero attached hydrogens (tertiary/aromatic N) is 1. The fraction of sp³-hybridized carbons (Fsp3) is 0.727. The monoisotopic (exact) mass is 194 g/mol. The van der Waals surface area contributed by atoms with E-state index < -0.39 is 0 Å². The van der Waals surface area contributed by atoms with Gasteiger partial charge in [-0.05, 0) is 18.9 Å². The predicted octanol–water partition coefficient (Wildman–Crippen LogP) is 2.34. The lowest BCUT2D eigenvalue weighted by molar-refractivity contribution is 0.418. The van der Waals surface area contributed by atoms with Crippen LogP contribution in [0.5, 0.6) is 0 Å². The third-order valence-electron chi connectivity index (χ3n) is 3.02. The number of hydrogen-bond acceptors (Lipinski definition) is 3. The van der Waals surface area contributed by atoms with Crippen molar-refractivity contribution in [3.05, 3.63) is 18.0 Å². The summed E-state index contributed by atoms with van der Waals surface area (Å²) in [6.45, 7) is 2.01. The van der Waals surface area contributed by atoms with Gasteiger partial charge in [0, 0.05) is 12.1 Å². The van der Waals surface area contributed by atoms with Crippen molar-refractivity contribution in [3.63, 3.8) is 0 Å². The molecule has 78 valence electrons. The number of nitrogens with one attached hydrogen (secondary N) is 1. The number of aromatic nitrogens is 1. The Morgan fingerprint density at radius 2 is 2.29 bits per heavy atom. The van der Waals surface area contributed by atoms with E-state index in [2.05, 4.69) is 10.5 Å². The Morgan fingerprint density at radius 3 is 3.00 bits per heavy atom. The Labute approximate surface area is 84.9 Å². The lowest BCUT2D eigenvalue weighted by atomic mass is 10.0. The first-order valence-corrected chi connectivity index (χ1v) is 5.54. The predicted molar refractivity (Wildman–Crippen MR) is 54.8 cm³/mol. The van der Waals surface area contributed by atoms with Gasteiger partial charge in [-0.15, -0.1) is 0 Å². The topological polar surface area (TPSA) is 38.1 Å². The molecule has 14 heavy (non-hydrogen) atoms. The summed E-state index contributed by atoms with van der Waals surface area (Å²) in [7, 11) is 0. The molecule has 3 heteroatoms. The van der Waals surface area contributed by atoms with Crippen molar-refractivity contribution in [3.8, 4) is 0 Å². The third-order valence-corrected chi connectivity index (χ3v) is 3.02. The van der Waals surface area contributed by atoms with Crippen LogP contribution in [0.25, 0.3) is 0 Å². The van der Waals surface area contributed by atoms with Gasteiger partial charge in [0.2, 0.25) is 0 Å². The van der Waals surface area contributed by atoms with Crippen LogP contribution in [0.3, 0.4) is 0 Å². The largest absolute Gasteiger partial charge is 0.364 e. The molecule has 1 aromatic heterocycles. The zero-order valence-corrected chi connectivity index (χ0v) is 8.54. The maximum absolute atomic E-state index is 4.75. The van der Waals surface area contributed by atoms with Gasteiger partial charge in [0.1, 0.15) is 6.26 Å². The van der Waals surface area contributed by atoms with E-state index in [1.54, 1.807) is 12.5 Å². The lowest BCUT2D eigenvalue weighted by Gasteiger charge is -2.08. The standard InChI is InChI=1S/C11H18N2O/c1-2-4-10(3-1)5-6-12-7-11-8-13-14-9-11/h8-10,12H,1-7H2. The van der Waals surface area contributed by atoms with E-state index in [0.29, 0.717) is 0 Å². The van der Waals surface area contributed by atoms with Crippen LogP contribution in [0.1, 0.15) is 37.7 Å². The molecule has 0 bridgehead atoms. The molecular weight excluding hydrogens is 176 g/mol. The second kappa shape index (κ2) is 5.15. The third kappa shape index (κ3) is 2.84. The quantitative estimate of drug-likeness (QED) is 0.731. The van der Waals surface area contributed by atoms with E-state index in [9.17, 15) is 0 Å². The molecule has 0 unspecified atom stereocenters. The first-order valence-electron chi connectivity index (χ1n) is 5.54. The summed E-state index contributed by atoms with van der Waals surface area (Å²) in [5.41, 5.74) is 1.14. The second-order valence-corrected chi connectivity index (χ2v) is 4.15. The molecular formula is C11H18N2O. The average molecular weight is 194 g/mol. The second-order valence-electron chi connectivity index (χ2n) is 4.15. The first-order chi connectivity index (χ1) is 6.95. The van der Waals surface area contributed by atoms with Gasteiger partial charge in [0.25, 0.3) is 0 Å². The van der Waals surface area contributed by atoms with Gasteiger partial charge in [-0.2, -0.15) is 0 Å². The molecule has 0 amide bonds. The molecule has 1 aromatic rings. The minimum absolute atomic E-state index is 0.885. The number of rotatable bonds is 5. The van der Waals surface area contributed by atoms with E-state index in [0.717, 1.165) is 24.6 Å². The van der Waals surface area contributed by atoms with Crippen LogP contribution < -0.4 is 5.32 Å². The van der Waals surface area contributed by atoms with Crippen molar-refractivity contribution in [1.29, 1.82) is 0 Å². The Kier molecular flexibility index (Phi) is 3.57. The van der Waals surface area contributed by atoms with E-state index in [-0.39, 0.29) is 0 Å². The summed E-state index contributed by atoms with van der Waals surface area (Å²) in [4.78, 5) is 0. The molecule has 0 radical (unpaired) electrons. The summed E-state index contributed by atoms with van der Waals surface area (Å²) in [6.07, 6.45) is 10.5. The van der Waals surface area contributed by atoms with Crippen molar-refractivity contribution >= 4 is 0 Å². The highest BCUT2D eigenvalue weighted by Crippen LogP contribution is 2.26. The van der Waals surface area contributed by atoms with Crippen molar-refractivity contribution in [2.24, 2.45) is 5.92 Å². The molecule has 0 atom stereocenters. The van der Waals surface area contributed by atoms with Crippen LogP contribution in [0.15, 0.2) is 17.0 Å². The minimum Gasteiger partial charge on any atom is -0.364 e. The van der Waals surface area contributed by atoms with Crippen molar-refractivity contribution < 1.29 is 4.52 Å². The molecule has 0 aliphatic heterocycles. The fourth-order valence-electron chi connectivity index (χ4n) is 2.15. The maximum Gasteiger partial charge on any atom is 0.128 e. The molecule has 1 aliphatic carbocycles. The Morgan fingerprint density at radius 1 is 1.43 bits per heavy atom. The highest BCUT2D eigenvalue weighted by molar-refractivity contribution is 4.98. The highest BCUT2D eigenvalue weighted by atomic mass is 16.5. The normalized spacial score (nSPS) is 17.7. The van der Waals surface area contributed by atoms with Crippen LogP contribution >= 0.6 is 0 Å². The van der Waals surface area contributed by atoms with Gasteiger partial charge >= 0.3 is 0 Å². The van der Waals surface area contributed by atoms with E-state index in [1.807, 2.05) is 0 Å². The van der Waals surface area contributed by atoms with Gasteiger partial charge in [0.15, 0.2) is 0 Å². The molecule has 1 saturated carbocycles. The van der Waals surface area contributed by atoms with Crippen LogP contribution in [0.2, 0.25) is 0 Å². The molecule has 0 saturated heterocycles. The summed E-state index contributed by atoms with van der Waals surface area (Å²) < 4.78 is 4.75. The molecule has 3 nitrogen and oxygen atoms in total. The lowest BCUT2D eigenvalue weighted by Crippen LogP contribution is -2.16. The van der Waals surface area contributed by atoms with Crippen molar-refractivity contribution in [2.45, 2.75) is 38.6 Å². The molecule has 1 aliphatic rings. The van der Waals surface area contributed by atoms with Gasteiger partial charge in [-0.1, -0.05) is 30.8 Å². The van der Waals surface area contributed by atoms with E-state index in [1.165, 1.54) is 32.1 Å². The maximum atomic E-state index is 4.75. The Bertz CT molecular complexity index is 240. The summed E-state index contributed by atoms with van der Waals surface area (Å²) >= 11 is 0. The van der Waals surface area contributed by atoms with Crippen LogP contribution in [-0.2, 0) is 6.54 Å². The van der Waals surface area contributed by atoms with Crippen molar-refractivity contribution in [2.75, 3.05) is 6.54 Å². The smallest absolute Gasteiger partial charge is 0.128 e. The molecule has 0 aromatic carbocycles. The zero-order chi connectivity index (χ0) is 9.64. The van der Waals surface area contributed by atoms with Crippen molar-refractivity contribution in [1.82, 2.24) is 10.5 Å². The Hall–Kier alpha value is -0.830. The van der Waals surface area contributed by atoms with Crippen LogP contribution in [-0.4, -0.2) is 11.7 Å². The molecule has 1 N–H and O–H groups in total. The zero-order valence-electron chi connectivity index (χ0n) is 8.54. The van der Waals surface area contributed by atoms with Gasteiger partial charge < -0.3 is 9.84 Å². The van der Waals surface area contributed by atoms with Gasteiger partial charge in [-0.3, -0.25) is 0 Å². The van der Waals surface area contributed by atoms with E-state index in [4.69, 9.17) is 4.52 Å². The summed E-state index contributed by atoms with van der Waals surface area (Å²) in [6, 6.07) is 0. The molecule has 1 heterocycles. The van der Waals surface area contributed by atoms with E-state index >= 15 is 0 Å². The fourth-order valence-corrected chi connectivity index (χ4v) is 2.15. The average Bonchev–Trinajstić information content (AvgIpc) is 2.86. The molecule has 1 fully saturated rings. The summed E-state index contributed by atoms with van der Waals surface area (Å²) in [5.74, 6) is 0.977. The Balaban J connectivity index is 1.55. The highest BCUT2D eigenvalue weighted by Gasteiger charge is 2.13. The molecule has 0 spiro atoms. The number of hydrogen-bond donors (Lipinski definition) is 1. The SMILES string of the molecule is c1nocc1CNCCC1CCCC1. The van der Waals surface area contributed by atoms with Gasteiger partial charge in [-0.25, -0.2) is 0 Å². The van der Waals surface area contributed by atoms with Crippen LogP contribution in [0, 0.1) is 5.92 Å². The van der Waals surface area contributed by atoms with Gasteiger partial charge in [0.05, 0.1) is 6.20 Å². The molecule has 2 rings (SSSR count). The van der Waals surface area contributed by atoms with Crippen LogP contribution in [0.4, 0.5) is 0 Å². The minimum atomic E-state index is 0.885. The summed E-state index contributed by atoms with van der Waals surface area (Å²) in [5, 5.41) is 7.08.